The highest BCUT2D eigenvalue weighted by Crippen LogP contribution is 2.38. The second-order valence-electron chi connectivity index (χ2n) is 8.00. The van der Waals surface area contributed by atoms with Crippen LogP contribution in [0.1, 0.15) is 10.4 Å². The second-order valence-corrected chi connectivity index (χ2v) is 8.00. The van der Waals surface area contributed by atoms with Crippen LogP contribution in [0.5, 0.6) is 34.5 Å². The van der Waals surface area contributed by atoms with Crippen LogP contribution in [0.2, 0.25) is 0 Å². The predicted molar refractivity (Wildman–Crippen MR) is 138 cm³/mol. The molecule has 37 heavy (non-hydrogen) atoms. The molecule has 1 heterocycles. The lowest BCUT2D eigenvalue weighted by molar-refractivity contribution is 0.0734. The minimum atomic E-state index is -0.655. The van der Waals surface area contributed by atoms with Gasteiger partial charge in [0.15, 0.2) is 11.5 Å². The zero-order chi connectivity index (χ0) is 25.9. The Labute approximate surface area is 211 Å². The normalized spacial score (nSPS) is 10.8. The minimum absolute atomic E-state index is 0.0462. The van der Waals surface area contributed by atoms with Crippen molar-refractivity contribution in [1.82, 2.24) is 0 Å². The van der Waals surface area contributed by atoms with Gasteiger partial charge in [0.25, 0.3) is 0 Å². The summed E-state index contributed by atoms with van der Waals surface area (Å²) in [5.74, 6) is 1.09. The maximum Gasteiger partial charge on any atom is 0.343 e. The summed E-state index contributed by atoms with van der Waals surface area (Å²) in [6.07, 6.45) is 1.24. The van der Waals surface area contributed by atoms with Crippen molar-refractivity contribution in [3.8, 4) is 34.5 Å². The van der Waals surface area contributed by atoms with E-state index in [0.29, 0.717) is 23.0 Å². The Kier molecular flexibility index (Phi) is 6.38. The highest BCUT2D eigenvalue weighted by Gasteiger charge is 2.19. The van der Waals surface area contributed by atoms with Crippen LogP contribution in [0.3, 0.4) is 0 Å². The molecule has 0 saturated heterocycles. The number of benzene rings is 4. The molecule has 0 N–H and O–H groups in total. The third-order valence-corrected chi connectivity index (χ3v) is 5.77. The Hall–Kier alpha value is -4.98. The van der Waals surface area contributed by atoms with Crippen molar-refractivity contribution in [3.63, 3.8) is 0 Å². The Morgan fingerprint density at radius 1 is 0.730 bits per heavy atom. The number of methoxy groups -OCH3 is 3. The summed E-state index contributed by atoms with van der Waals surface area (Å²) in [6.45, 7) is 0. The molecular weight excluding hydrogens is 476 g/mol. The fraction of sp³-hybridized carbons (Fsp3) is 0.103. The van der Waals surface area contributed by atoms with Gasteiger partial charge in [-0.25, -0.2) is 4.79 Å². The van der Waals surface area contributed by atoms with Crippen LogP contribution in [0, 0.1) is 0 Å². The molecule has 5 aromatic rings. The number of esters is 1. The standard InChI is InChI=1S/C29H22O8/c1-32-24-13-19(14-25(33-2)28(24)34-3)29(31)37-21-10-11-22-23(15-21)35-16-26(27(22)30)36-20-9-8-17-6-4-5-7-18(17)12-20/h4-16H,1-3H3. The van der Waals surface area contributed by atoms with E-state index < -0.39 is 5.97 Å². The highest BCUT2D eigenvalue weighted by atomic mass is 16.5. The van der Waals surface area contributed by atoms with Crippen molar-refractivity contribution in [2.45, 2.75) is 0 Å². The molecule has 4 aromatic carbocycles. The lowest BCUT2D eigenvalue weighted by Crippen LogP contribution is -2.10. The Morgan fingerprint density at radius 3 is 2.14 bits per heavy atom. The van der Waals surface area contributed by atoms with E-state index in [-0.39, 0.29) is 33.5 Å². The topological polar surface area (TPSA) is 93.4 Å². The van der Waals surface area contributed by atoms with E-state index in [9.17, 15) is 9.59 Å². The smallest absolute Gasteiger partial charge is 0.343 e. The molecule has 0 spiro atoms. The van der Waals surface area contributed by atoms with Crippen LogP contribution in [-0.2, 0) is 0 Å². The van der Waals surface area contributed by atoms with Gasteiger partial charge in [0.1, 0.15) is 23.3 Å². The van der Waals surface area contributed by atoms with E-state index >= 15 is 0 Å². The van der Waals surface area contributed by atoms with Crippen molar-refractivity contribution in [1.29, 1.82) is 0 Å². The molecule has 0 aliphatic rings. The quantitative estimate of drug-likeness (QED) is 0.200. The van der Waals surface area contributed by atoms with Crippen molar-refractivity contribution >= 4 is 27.7 Å². The molecule has 186 valence electrons. The van der Waals surface area contributed by atoms with E-state index in [0.717, 1.165) is 10.8 Å². The molecule has 8 nitrogen and oxygen atoms in total. The Balaban J connectivity index is 1.40. The predicted octanol–water partition coefficient (Wildman–Crippen LogP) is 5.98. The van der Waals surface area contributed by atoms with Gasteiger partial charge < -0.3 is 28.1 Å². The summed E-state index contributed by atoms with van der Waals surface area (Å²) in [6, 6.07) is 20.9. The highest BCUT2D eigenvalue weighted by molar-refractivity contribution is 5.93. The molecule has 0 atom stereocenters. The fourth-order valence-electron chi connectivity index (χ4n) is 3.95. The van der Waals surface area contributed by atoms with E-state index in [4.69, 9.17) is 28.1 Å². The van der Waals surface area contributed by atoms with Gasteiger partial charge in [0.2, 0.25) is 16.9 Å². The van der Waals surface area contributed by atoms with Gasteiger partial charge in [-0.05, 0) is 47.2 Å². The number of ether oxygens (including phenoxy) is 5. The molecule has 0 saturated carbocycles. The van der Waals surface area contributed by atoms with Crippen LogP contribution in [0.15, 0.2) is 88.3 Å². The zero-order valence-corrected chi connectivity index (χ0v) is 20.3. The maximum absolute atomic E-state index is 13.0. The fourth-order valence-corrected chi connectivity index (χ4v) is 3.95. The van der Waals surface area contributed by atoms with Crippen LogP contribution < -0.4 is 29.1 Å². The summed E-state index contributed by atoms with van der Waals surface area (Å²) in [5.41, 5.74) is 0.0816. The Bertz CT molecular complexity index is 1660. The van der Waals surface area contributed by atoms with Gasteiger partial charge in [-0.2, -0.15) is 0 Å². The molecule has 8 heteroatoms. The average Bonchev–Trinajstić information content (AvgIpc) is 2.93. The number of fused-ring (bicyclic) bond motifs is 2. The monoisotopic (exact) mass is 498 g/mol. The number of hydrogen-bond acceptors (Lipinski definition) is 8. The van der Waals surface area contributed by atoms with Crippen molar-refractivity contribution in [3.05, 3.63) is 94.8 Å². The largest absolute Gasteiger partial charge is 0.493 e. The van der Waals surface area contributed by atoms with Gasteiger partial charge in [-0.3, -0.25) is 4.79 Å². The molecule has 0 aliphatic heterocycles. The van der Waals surface area contributed by atoms with Crippen molar-refractivity contribution < 1.29 is 32.9 Å². The van der Waals surface area contributed by atoms with Crippen LogP contribution in [0.25, 0.3) is 21.7 Å². The van der Waals surface area contributed by atoms with Crippen LogP contribution in [-0.4, -0.2) is 27.3 Å². The van der Waals surface area contributed by atoms with Crippen LogP contribution >= 0.6 is 0 Å². The van der Waals surface area contributed by atoms with E-state index in [1.165, 1.54) is 57.9 Å². The van der Waals surface area contributed by atoms with E-state index in [2.05, 4.69) is 0 Å². The summed E-state index contributed by atoms with van der Waals surface area (Å²) < 4.78 is 32.8. The molecule has 1 aromatic heterocycles. The van der Waals surface area contributed by atoms with Gasteiger partial charge in [0.05, 0.1) is 32.3 Å². The molecule has 0 unspecified atom stereocenters. The number of hydrogen-bond donors (Lipinski definition) is 0. The van der Waals surface area contributed by atoms with Gasteiger partial charge in [-0.15, -0.1) is 0 Å². The molecule has 0 aliphatic carbocycles. The van der Waals surface area contributed by atoms with Crippen LogP contribution in [0.4, 0.5) is 0 Å². The first-order valence-corrected chi connectivity index (χ1v) is 11.2. The van der Waals surface area contributed by atoms with Gasteiger partial charge in [-0.1, -0.05) is 30.3 Å². The number of rotatable bonds is 7. The first kappa shape index (κ1) is 23.7. The minimum Gasteiger partial charge on any atom is -0.493 e. The zero-order valence-electron chi connectivity index (χ0n) is 20.3. The first-order chi connectivity index (χ1) is 18.0. The lowest BCUT2D eigenvalue weighted by atomic mass is 10.1. The summed E-state index contributed by atoms with van der Waals surface area (Å²) in [7, 11) is 4.38. The summed E-state index contributed by atoms with van der Waals surface area (Å²) >= 11 is 0. The van der Waals surface area contributed by atoms with E-state index in [1.54, 1.807) is 6.07 Å². The van der Waals surface area contributed by atoms with Crippen molar-refractivity contribution in [2.75, 3.05) is 21.3 Å². The van der Waals surface area contributed by atoms with Gasteiger partial charge in [0, 0.05) is 6.07 Å². The summed E-state index contributed by atoms with van der Waals surface area (Å²) in [5, 5.41) is 2.34. The Morgan fingerprint density at radius 2 is 1.43 bits per heavy atom. The summed E-state index contributed by atoms with van der Waals surface area (Å²) in [4.78, 5) is 25.8. The number of carbonyl (C=O) groups excluding carboxylic acids is 1. The molecule has 0 fully saturated rings. The molecular formula is C29H22O8. The third-order valence-electron chi connectivity index (χ3n) is 5.77. The van der Waals surface area contributed by atoms with E-state index in [1.807, 2.05) is 36.4 Å². The third kappa shape index (κ3) is 4.64. The first-order valence-electron chi connectivity index (χ1n) is 11.2. The van der Waals surface area contributed by atoms with Crippen molar-refractivity contribution in [2.24, 2.45) is 0 Å². The average molecular weight is 498 g/mol. The second kappa shape index (κ2) is 9.94. The number of carbonyl (C=O) groups is 1. The molecule has 5 rings (SSSR count). The SMILES string of the molecule is COc1cc(C(=O)Oc2ccc3c(=O)c(Oc4ccc5ccccc5c4)coc3c2)cc(OC)c1OC. The molecule has 0 amide bonds. The maximum atomic E-state index is 13.0. The molecule has 0 bridgehead atoms. The lowest BCUT2D eigenvalue weighted by Gasteiger charge is -2.13. The van der Waals surface area contributed by atoms with Gasteiger partial charge >= 0.3 is 5.97 Å². The molecule has 0 radical (unpaired) electrons.